The van der Waals surface area contributed by atoms with Crippen LogP contribution in [0.25, 0.3) is 0 Å². The molecule has 7 heteroatoms. The molecule has 0 aromatic heterocycles. The maximum absolute atomic E-state index is 11.7. The van der Waals surface area contributed by atoms with E-state index in [-0.39, 0.29) is 35.8 Å². The van der Waals surface area contributed by atoms with E-state index < -0.39 is 0 Å². The number of hydrogen-bond donors (Lipinski definition) is 2. The SMILES string of the molecule is CN=C(NCc1ccc(NC(=O)C(C)C)cc1)N(C)CCOc1ccccc1.I. The first-order valence-corrected chi connectivity index (χ1v) is 9.49. The van der Waals surface area contributed by atoms with Crippen molar-refractivity contribution in [2.45, 2.75) is 20.4 Å². The number of likely N-dealkylation sites (N-methyl/N-ethyl adjacent to an activating group) is 1. The molecule has 158 valence electrons. The molecule has 0 saturated heterocycles. The van der Waals surface area contributed by atoms with E-state index in [1.165, 1.54) is 0 Å². The van der Waals surface area contributed by atoms with Crippen molar-refractivity contribution in [1.29, 1.82) is 0 Å². The number of amides is 1. The molecule has 29 heavy (non-hydrogen) atoms. The number of hydrogen-bond acceptors (Lipinski definition) is 3. The van der Waals surface area contributed by atoms with Crippen LogP contribution in [0.2, 0.25) is 0 Å². The Balaban J connectivity index is 0.00000420. The van der Waals surface area contributed by atoms with Gasteiger partial charge in [0.25, 0.3) is 0 Å². The van der Waals surface area contributed by atoms with Gasteiger partial charge in [-0.25, -0.2) is 0 Å². The highest BCUT2D eigenvalue weighted by Crippen LogP contribution is 2.11. The smallest absolute Gasteiger partial charge is 0.226 e. The molecule has 0 radical (unpaired) electrons. The molecule has 0 fully saturated rings. The zero-order valence-electron chi connectivity index (χ0n) is 17.5. The molecule has 0 atom stereocenters. The van der Waals surface area contributed by atoms with E-state index in [1.807, 2.05) is 80.4 Å². The van der Waals surface area contributed by atoms with Crippen LogP contribution in [0.3, 0.4) is 0 Å². The van der Waals surface area contributed by atoms with Crippen LogP contribution in [0.1, 0.15) is 19.4 Å². The van der Waals surface area contributed by atoms with Crippen LogP contribution in [-0.2, 0) is 11.3 Å². The summed E-state index contributed by atoms with van der Waals surface area (Å²) in [7, 11) is 3.75. The van der Waals surface area contributed by atoms with Gasteiger partial charge in [-0.3, -0.25) is 9.79 Å². The summed E-state index contributed by atoms with van der Waals surface area (Å²) in [6.07, 6.45) is 0. The number of anilines is 1. The molecule has 0 bridgehead atoms. The Morgan fingerprint density at radius 2 is 1.76 bits per heavy atom. The summed E-state index contributed by atoms with van der Waals surface area (Å²) < 4.78 is 5.74. The van der Waals surface area contributed by atoms with Crippen LogP contribution in [0.5, 0.6) is 5.75 Å². The molecule has 0 spiro atoms. The molecule has 0 heterocycles. The second kappa shape index (κ2) is 13.0. The number of ether oxygens (including phenoxy) is 1. The van der Waals surface area contributed by atoms with Gasteiger partial charge in [-0.2, -0.15) is 0 Å². The molecule has 6 nitrogen and oxygen atoms in total. The third kappa shape index (κ3) is 8.72. The van der Waals surface area contributed by atoms with Crippen molar-refractivity contribution in [2.75, 3.05) is 32.6 Å². The minimum atomic E-state index is -0.0360. The van der Waals surface area contributed by atoms with Gasteiger partial charge in [0.1, 0.15) is 12.4 Å². The standard InChI is InChI=1S/C22H30N4O2.HI/c1-17(2)21(27)25-19-12-10-18(11-13-19)16-24-22(23-3)26(4)14-15-28-20-8-6-5-7-9-20;/h5-13,17H,14-16H2,1-4H3,(H,23,24)(H,25,27);1H. The summed E-state index contributed by atoms with van der Waals surface area (Å²) in [5.74, 6) is 1.65. The second-order valence-electron chi connectivity index (χ2n) is 6.82. The molecule has 2 N–H and O–H groups in total. The van der Waals surface area contributed by atoms with Crippen LogP contribution in [-0.4, -0.2) is 44.0 Å². The highest BCUT2D eigenvalue weighted by Gasteiger charge is 2.08. The van der Waals surface area contributed by atoms with Crippen LogP contribution < -0.4 is 15.4 Å². The third-order valence-electron chi connectivity index (χ3n) is 4.21. The van der Waals surface area contributed by atoms with Crippen LogP contribution >= 0.6 is 24.0 Å². The topological polar surface area (TPSA) is 66.0 Å². The number of carbonyl (C=O) groups is 1. The third-order valence-corrected chi connectivity index (χ3v) is 4.21. The largest absolute Gasteiger partial charge is 0.492 e. The molecule has 1 amide bonds. The minimum absolute atomic E-state index is 0. The molecule has 0 aliphatic rings. The maximum Gasteiger partial charge on any atom is 0.226 e. The van der Waals surface area contributed by atoms with E-state index in [0.29, 0.717) is 13.2 Å². The van der Waals surface area contributed by atoms with Crippen molar-refractivity contribution >= 4 is 41.5 Å². The van der Waals surface area contributed by atoms with Gasteiger partial charge in [-0.05, 0) is 29.8 Å². The summed E-state index contributed by atoms with van der Waals surface area (Å²) in [5, 5.41) is 6.24. The number of nitrogens with one attached hydrogen (secondary N) is 2. The number of nitrogens with zero attached hydrogens (tertiary/aromatic N) is 2. The average molecular weight is 510 g/mol. The first-order valence-electron chi connectivity index (χ1n) is 9.49. The average Bonchev–Trinajstić information content (AvgIpc) is 2.70. The van der Waals surface area contributed by atoms with E-state index in [4.69, 9.17) is 4.74 Å². The van der Waals surface area contributed by atoms with E-state index in [9.17, 15) is 4.79 Å². The Morgan fingerprint density at radius 3 is 2.34 bits per heavy atom. The van der Waals surface area contributed by atoms with E-state index in [1.54, 1.807) is 7.05 Å². The molecule has 2 rings (SSSR count). The van der Waals surface area contributed by atoms with Crippen molar-refractivity contribution in [1.82, 2.24) is 10.2 Å². The highest BCUT2D eigenvalue weighted by atomic mass is 127. The summed E-state index contributed by atoms with van der Waals surface area (Å²) in [4.78, 5) is 18.1. The minimum Gasteiger partial charge on any atom is -0.492 e. The number of carbonyl (C=O) groups excluding carboxylic acids is 1. The Bertz CT molecular complexity index is 764. The Kier molecular flexibility index (Phi) is 11.1. The maximum atomic E-state index is 11.7. The van der Waals surface area contributed by atoms with Crippen molar-refractivity contribution < 1.29 is 9.53 Å². The Morgan fingerprint density at radius 1 is 1.10 bits per heavy atom. The molecular weight excluding hydrogens is 479 g/mol. The number of guanidine groups is 1. The molecule has 2 aromatic rings. The first-order chi connectivity index (χ1) is 13.5. The lowest BCUT2D eigenvalue weighted by Gasteiger charge is -2.22. The molecular formula is C22H31IN4O2. The van der Waals surface area contributed by atoms with Crippen molar-refractivity contribution in [3.05, 3.63) is 60.2 Å². The lowest BCUT2D eigenvalue weighted by atomic mass is 10.1. The normalized spacial score (nSPS) is 10.9. The number of aliphatic imine (C=N–C) groups is 1. The molecule has 0 aliphatic carbocycles. The lowest BCUT2D eigenvalue weighted by molar-refractivity contribution is -0.118. The van der Waals surface area contributed by atoms with Gasteiger partial charge >= 0.3 is 0 Å². The number of rotatable bonds is 8. The summed E-state index contributed by atoms with van der Waals surface area (Å²) in [6, 6.07) is 17.6. The summed E-state index contributed by atoms with van der Waals surface area (Å²) in [5.41, 5.74) is 1.92. The fourth-order valence-corrected chi connectivity index (χ4v) is 2.48. The van der Waals surface area contributed by atoms with Crippen molar-refractivity contribution in [2.24, 2.45) is 10.9 Å². The monoisotopic (exact) mass is 510 g/mol. The highest BCUT2D eigenvalue weighted by molar-refractivity contribution is 14.0. The first kappa shape index (κ1) is 24.7. The van der Waals surface area contributed by atoms with E-state index in [2.05, 4.69) is 15.6 Å². The summed E-state index contributed by atoms with van der Waals surface area (Å²) in [6.45, 7) is 5.69. The number of benzene rings is 2. The van der Waals surface area contributed by atoms with Gasteiger partial charge in [-0.1, -0.05) is 44.2 Å². The lowest BCUT2D eigenvalue weighted by Crippen LogP contribution is -2.40. The quantitative estimate of drug-likeness (QED) is 0.321. The van der Waals surface area contributed by atoms with Crippen molar-refractivity contribution in [3.8, 4) is 5.75 Å². The zero-order chi connectivity index (χ0) is 20.4. The van der Waals surface area contributed by atoms with E-state index in [0.717, 1.165) is 29.5 Å². The zero-order valence-corrected chi connectivity index (χ0v) is 19.8. The number of halogens is 1. The Labute approximate surface area is 190 Å². The molecule has 0 unspecified atom stereocenters. The van der Waals surface area contributed by atoms with Crippen molar-refractivity contribution in [3.63, 3.8) is 0 Å². The van der Waals surface area contributed by atoms with Gasteiger partial charge in [0.15, 0.2) is 5.96 Å². The van der Waals surface area contributed by atoms with Gasteiger partial charge in [0.2, 0.25) is 5.91 Å². The molecule has 0 aliphatic heterocycles. The van der Waals surface area contributed by atoms with Gasteiger partial charge in [-0.15, -0.1) is 24.0 Å². The van der Waals surface area contributed by atoms with Gasteiger partial charge < -0.3 is 20.3 Å². The molecule has 2 aromatic carbocycles. The predicted octanol–water partition coefficient (Wildman–Crippen LogP) is 3.99. The fourth-order valence-electron chi connectivity index (χ4n) is 2.48. The molecule has 0 saturated carbocycles. The predicted molar refractivity (Wildman–Crippen MR) is 130 cm³/mol. The van der Waals surface area contributed by atoms with Crippen LogP contribution in [0.4, 0.5) is 5.69 Å². The summed E-state index contributed by atoms with van der Waals surface area (Å²) >= 11 is 0. The number of para-hydroxylation sites is 1. The fraction of sp³-hybridized carbons (Fsp3) is 0.364. The van der Waals surface area contributed by atoms with Gasteiger partial charge in [0.05, 0.1) is 6.54 Å². The van der Waals surface area contributed by atoms with Crippen LogP contribution in [0.15, 0.2) is 59.6 Å². The second-order valence-corrected chi connectivity index (χ2v) is 6.82. The van der Waals surface area contributed by atoms with Crippen LogP contribution in [0, 0.1) is 5.92 Å². The van der Waals surface area contributed by atoms with E-state index >= 15 is 0 Å². The van der Waals surface area contributed by atoms with Gasteiger partial charge in [0, 0.05) is 32.2 Å². The Hall–Kier alpha value is -2.29.